The summed E-state index contributed by atoms with van der Waals surface area (Å²) >= 11 is 0. The molecule has 1 amide bonds. The summed E-state index contributed by atoms with van der Waals surface area (Å²) in [6.07, 6.45) is 2.15. The Morgan fingerprint density at radius 3 is 3.05 bits per heavy atom. The molecule has 1 N–H and O–H groups in total. The number of nitrogens with zero attached hydrogens (tertiary/aromatic N) is 2. The van der Waals surface area contributed by atoms with Crippen LogP contribution in [0.3, 0.4) is 0 Å². The maximum absolute atomic E-state index is 12.3. The summed E-state index contributed by atoms with van der Waals surface area (Å²) in [5.41, 5.74) is 1.51. The van der Waals surface area contributed by atoms with Crippen LogP contribution in [-0.4, -0.2) is 37.7 Å². The Morgan fingerprint density at radius 2 is 2.30 bits per heavy atom. The lowest BCUT2D eigenvalue weighted by atomic mass is 10.1. The number of carbonyl (C=O) groups is 1. The number of rotatable bonds is 3. The number of nitrogens with one attached hydrogen (secondary N) is 1. The molecule has 0 spiro atoms. The number of amides is 1. The molecule has 1 aromatic carbocycles. The molecule has 1 atom stereocenters. The third kappa shape index (κ3) is 2.75. The zero-order chi connectivity index (χ0) is 13.9. The van der Waals surface area contributed by atoms with Gasteiger partial charge in [-0.15, -0.1) is 0 Å². The maximum Gasteiger partial charge on any atom is 0.245 e. The van der Waals surface area contributed by atoms with E-state index in [1.165, 1.54) is 0 Å². The monoisotopic (exact) mass is 271 g/mol. The number of anilines is 1. The summed E-state index contributed by atoms with van der Waals surface area (Å²) < 4.78 is 5.45. The van der Waals surface area contributed by atoms with Gasteiger partial charge in [-0.25, -0.2) is 0 Å². The topological polar surface area (TPSA) is 65.4 Å². The van der Waals surface area contributed by atoms with Crippen LogP contribution in [0.25, 0.3) is 0 Å². The number of ether oxygens (including phenoxy) is 1. The van der Waals surface area contributed by atoms with Crippen LogP contribution in [0.5, 0.6) is 0 Å². The van der Waals surface area contributed by atoms with E-state index in [2.05, 4.69) is 11.4 Å². The number of benzene rings is 1. The molecule has 20 heavy (non-hydrogen) atoms. The molecule has 0 bridgehead atoms. The van der Waals surface area contributed by atoms with Crippen molar-refractivity contribution in [1.29, 1.82) is 5.26 Å². The quantitative estimate of drug-likeness (QED) is 0.892. The minimum Gasteiger partial charge on any atom is -0.377 e. The third-order valence-corrected chi connectivity index (χ3v) is 3.66. The summed E-state index contributed by atoms with van der Waals surface area (Å²) in [5, 5.41) is 12.0. The summed E-state index contributed by atoms with van der Waals surface area (Å²) in [6.45, 7) is 1.66. The van der Waals surface area contributed by atoms with Crippen molar-refractivity contribution in [3.8, 4) is 6.07 Å². The average Bonchev–Trinajstić information content (AvgIpc) is 3.31. The van der Waals surface area contributed by atoms with Crippen molar-refractivity contribution in [1.82, 2.24) is 5.32 Å². The fourth-order valence-corrected chi connectivity index (χ4v) is 2.41. The third-order valence-electron chi connectivity index (χ3n) is 3.66. The highest BCUT2D eigenvalue weighted by Gasteiger charge is 2.33. The van der Waals surface area contributed by atoms with Gasteiger partial charge in [-0.05, 0) is 31.0 Å². The van der Waals surface area contributed by atoms with Gasteiger partial charge in [-0.2, -0.15) is 5.26 Å². The van der Waals surface area contributed by atoms with Gasteiger partial charge < -0.3 is 15.0 Å². The first-order chi connectivity index (χ1) is 9.78. The van der Waals surface area contributed by atoms with Crippen molar-refractivity contribution in [3.05, 3.63) is 29.8 Å². The largest absolute Gasteiger partial charge is 0.377 e. The van der Waals surface area contributed by atoms with Crippen molar-refractivity contribution in [2.45, 2.75) is 24.9 Å². The van der Waals surface area contributed by atoms with Gasteiger partial charge in [0.25, 0.3) is 0 Å². The van der Waals surface area contributed by atoms with E-state index in [0.717, 1.165) is 18.5 Å². The second kappa shape index (κ2) is 5.51. The number of carbonyl (C=O) groups excluding carboxylic acids is 1. The zero-order valence-electron chi connectivity index (χ0n) is 11.2. The summed E-state index contributed by atoms with van der Waals surface area (Å²) in [4.78, 5) is 14.3. The summed E-state index contributed by atoms with van der Waals surface area (Å²) in [7, 11) is 0. The maximum atomic E-state index is 12.3. The van der Waals surface area contributed by atoms with Crippen LogP contribution in [-0.2, 0) is 9.53 Å². The van der Waals surface area contributed by atoms with Crippen LogP contribution in [0, 0.1) is 11.3 Å². The second-order valence-corrected chi connectivity index (χ2v) is 5.23. The van der Waals surface area contributed by atoms with Gasteiger partial charge in [0.05, 0.1) is 24.8 Å². The van der Waals surface area contributed by atoms with Crippen LogP contribution in [0.15, 0.2) is 24.3 Å². The van der Waals surface area contributed by atoms with Gasteiger partial charge >= 0.3 is 0 Å². The summed E-state index contributed by atoms with van der Waals surface area (Å²) in [6, 6.07) is 9.54. The Bertz CT molecular complexity index is 548. The van der Waals surface area contributed by atoms with E-state index in [1.54, 1.807) is 6.07 Å². The molecule has 1 saturated carbocycles. The van der Waals surface area contributed by atoms with Gasteiger partial charge in [0.2, 0.25) is 5.91 Å². The molecule has 0 aromatic heterocycles. The van der Waals surface area contributed by atoms with E-state index < -0.39 is 0 Å². The van der Waals surface area contributed by atoms with Gasteiger partial charge in [-0.3, -0.25) is 4.79 Å². The normalized spacial score (nSPS) is 22.1. The van der Waals surface area contributed by atoms with Crippen LogP contribution in [0.4, 0.5) is 5.69 Å². The standard InChI is InChI=1S/C15H17N3O2/c16-9-11-2-1-3-13(8-11)18-6-7-20-10-14(18)15(19)17-12-4-5-12/h1-3,8,12,14H,4-7,10H2,(H,17,19). The molecule has 5 nitrogen and oxygen atoms in total. The van der Waals surface area contributed by atoms with Gasteiger partial charge in [0.1, 0.15) is 6.04 Å². The molecule has 0 radical (unpaired) electrons. The van der Waals surface area contributed by atoms with Gasteiger partial charge in [0.15, 0.2) is 0 Å². The highest BCUT2D eigenvalue weighted by molar-refractivity contribution is 5.86. The van der Waals surface area contributed by atoms with E-state index in [-0.39, 0.29) is 11.9 Å². The van der Waals surface area contributed by atoms with Crippen molar-refractivity contribution < 1.29 is 9.53 Å². The van der Waals surface area contributed by atoms with Crippen LogP contribution >= 0.6 is 0 Å². The molecule has 3 rings (SSSR count). The molecule has 1 aliphatic heterocycles. The lowest BCUT2D eigenvalue weighted by molar-refractivity contribution is -0.124. The molecular weight excluding hydrogens is 254 g/mol. The van der Waals surface area contributed by atoms with E-state index in [0.29, 0.717) is 31.4 Å². The number of nitriles is 1. The minimum atomic E-state index is -0.307. The fraction of sp³-hybridized carbons (Fsp3) is 0.467. The lowest BCUT2D eigenvalue weighted by Crippen LogP contribution is -2.54. The Balaban J connectivity index is 1.80. The van der Waals surface area contributed by atoms with E-state index in [1.807, 2.05) is 23.1 Å². The zero-order valence-corrected chi connectivity index (χ0v) is 11.2. The van der Waals surface area contributed by atoms with E-state index in [9.17, 15) is 4.79 Å². The number of hydrogen-bond acceptors (Lipinski definition) is 4. The highest BCUT2D eigenvalue weighted by atomic mass is 16.5. The minimum absolute atomic E-state index is 0.0227. The Kier molecular flexibility index (Phi) is 3.57. The number of hydrogen-bond donors (Lipinski definition) is 1. The predicted octanol–water partition coefficient (Wildman–Crippen LogP) is 1.04. The number of morpholine rings is 1. The molecule has 5 heteroatoms. The molecule has 104 valence electrons. The average molecular weight is 271 g/mol. The van der Waals surface area contributed by atoms with Crippen molar-refractivity contribution in [3.63, 3.8) is 0 Å². The molecule has 2 aliphatic rings. The second-order valence-electron chi connectivity index (χ2n) is 5.23. The van der Waals surface area contributed by atoms with Crippen molar-refractivity contribution in [2.24, 2.45) is 0 Å². The first-order valence-corrected chi connectivity index (χ1v) is 6.93. The van der Waals surface area contributed by atoms with E-state index in [4.69, 9.17) is 10.00 Å². The van der Waals surface area contributed by atoms with Gasteiger partial charge in [0, 0.05) is 18.3 Å². The van der Waals surface area contributed by atoms with Crippen molar-refractivity contribution in [2.75, 3.05) is 24.7 Å². The molecule has 1 aromatic rings. The Labute approximate surface area is 118 Å². The molecule has 2 fully saturated rings. The van der Waals surface area contributed by atoms with Crippen LogP contribution in [0.2, 0.25) is 0 Å². The highest BCUT2D eigenvalue weighted by Crippen LogP contribution is 2.23. The molecule has 1 heterocycles. The molecule has 1 unspecified atom stereocenters. The Morgan fingerprint density at radius 1 is 1.45 bits per heavy atom. The fourth-order valence-electron chi connectivity index (χ4n) is 2.41. The molecule has 1 aliphatic carbocycles. The smallest absolute Gasteiger partial charge is 0.245 e. The van der Waals surface area contributed by atoms with Crippen LogP contribution < -0.4 is 10.2 Å². The lowest BCUT2D eigenvalue weighted by Gasteiger charge is -2.36. The first kappa shape index (κ1) is 12.9. The van der Waals surface area contributed by atoms with E-state index >= 15 is 0 Å². The van der Waals surface area contributed by atoms with Crippen LogP contribution in [0.1, 0.15) is 18.4 Å². The SMILES string of the molecule is N#Cc1cccc(N2CCOCC2C(=O)NC2CC2)c1. The molecular formula is C15H17N3O2. The molecule has 1 saturated heterocycles. The van der Waals surface area contributed by atoms with Crippen molar-refractivity contribution >= 4 is 11.6 Å². The summed E-state index contributed by atoms with van der Waals surface area (Å²) in [5.74, 6) is 0.0227. The van der Waals surface area contributed by atoms with Gasteiger partial charge in [-0.1, -0.05) is 6.07 Å². The Hall–Kier alpha value is -2.06. The first-order valence-electron chi connectivity index (χ1n) is 6.93. The predicted molar refractivity (Wildman–Crippen MR) is 74.3 cm³/mol.